The normalized spacial score (nSPS) is 11.3. The molecule has 8 nitrogen and oxygen atoms in total. The third-order valence-electron chi connectivity index (χ3n) is 4.53. The third-order valence-corrected chi connectivity index (χ3v) is 4.53. The molecule has 8 heteroatoms. The topological polar surface area (TPSA) is 142 Å². The molecule has 5 N–H and O–H groups in total. The number of aliphatic hydroxyl groups is 4. The summed E-state index contributed by atoms with van der Waals surface area (Å²) in [6, 6.07) is 5.55. The molecule has 0 aliphatic carbocycles. The zero-order valence-corrected chi connectivity index (χ0v) is 15.8. The van der Waals surface area contributed by atoms with Gasteiger partial charge in [-0.15, -0.1) is 0 Å². The van der Waals surface area contributed by atoms with Gasteiger partial charge in [-0.1, -0.05) is 12.1 Å². The van der Waals surface area contributed by atoms with E-state index in [1.807, 2.05) is 6.92 Å². The van der Waals surface area contributed by atoms with Gasteiger partial charge in [0.25, 0.3) is 0 Å². The van der Waals surface area contributed by atoms with Gasteiger partial charge in [0, 0.05) is 18.4 Å². The van der Waals surface area contributed by atoms with Crippen molar-refractivity contribution < 1.29 is 25.2 Å². The lowest BCUT2D eigenvalue weighted by atomic mass is 9.89. The van der Waals surface area contributed by atoms with E-state index in [1.165, 1.54) is 6.21 Å². The van der Waals surface area contributed by atoms with Gasteiger partial charge in [-0.25, -0.2) is 0 Å². The van der Waals surface area contributed by atoms with Crippen LogP contribution in [0.1, 0.15) is 40.6 Å². The number of aromatic nitrogens is 1. The number of hydrogen-bond acceptors (Lipinski definition) is 7. The number of H-pyrrole nitrogens is 1. The molecule has 150 valence electrons. The zero-order valence-electron chi connectivity index (χ0n) is 15.8. The molecule has 0 saturated carbocycles. The first-order chi connectivity index (χ1) is 13.7. The fourth-order valence-electron chi connectivity index (χ4n) is 3.26. The second-order valence-corrected chi connectivity index (χ2v) is 5.98. The van der Waals surface area contributed by atoms with Crippen LogP contribution in [-0.4, -0.2) is 51.6 Å². The molecule has 0 aliphatic rings. The zero-order chi connectivity index (χ0) is 20.5. The van der Waals surface area contributed by atoms with Crippen molar-refractivity contribution in [3.8, 4) is 17.2 Å². The number of aromatic amines is 1. The first-order valence-corrected chi connectivity index (χ1v) is 8.96. The second kappa shape index (κ2) is 10.7. The Morgan fingerprint density at radius 1 is 1.11 bits per heavy atom. The quantitative estimate of drug-likeness (QED) is 0.304. The van der Waals surface area contributed by atoms with Gasteiger partial charge in [-0.2, -0.15) is 5.26 Å². The summed E-state index contributed by atoms with van der Waals surface area (Å²) in [5, 5.41) is 47.9. The van der Waals surface area contributed by atoms with Crippen LogP contribution >= 0.6 is 0 Å². The summed E-state index contributed by atoms with van der Waals surface area (Å²) in [7, 11) is 0. The smallest absolute Gasteiger partial charge is 0.134 e. The van der Waals surface area contributed by atoms with Crippen LogP contribution in [0, 0.1) is 11.3 Å². The highest BCUT2D eigenvalue weighted by Gasteiger charge is 2.22. The fraction of sp³-hybridized carbons (Fsp3) is 0.400. The van der Waals surface area contributed by atoms with Crippen LogP contribution in [0.3, 0.4) is 0 Å². The molecule has 2 rings (SSSR count). The lowest BCUT2D eigenvalue weighted by Gasteiger charge is -2.17. The lowest BCUT2D eigenvalue weighted by Crippen LogP contribution is -2.06. The van der Waals surface area contributed by atoms with E-state index in [2.05, 4.69) is 16.0 Å². The van der Waals surface area contributed by atoms with Gasteiger partial charge in [0.1, 0.15) is 18.5 Å². The minimum absolute atomic E-state index is 0.268. The molecule has 0 fully saturated rings. The summed E-state index contributed by atoms with van der Waals surface area (Å²) in [6.07, 6.45) is 1.89. The van der Waals surface area contributed by atoms with Crippen molar-refractivity contribution in [1.29, 1.82) is 5.26 Å². The van der Waals surface area contributed by atoms with Gasteiger partial charge in [0.15, 0.2) is 0 Å². The van der Waals surface area contributed by atoms with Crippen molar-refractivity contribution in [2.24, 2.45) is 4.99 Å². The maximum atomic E-state index is 9.98. The summed E-state index contributed by atoms with van der Waals surface area (Å²) >= 11 is 0. The number of nitriles is 1. The molecule has 0 unspecified atom stereocenters. The Kier molecular flexibility index (Phi) is 8.32. The van der Waals surface area contributed by atoms with Gasteiger partial charge < -0.3 is 30.1 Å². The molecule has 1 aromatic carbocycles. The molecular formula is C20H25N3O5. The summed E-state index contributed by atoms with van der Waals surface area (Å²) in [5.41, 5.74) is 4.25. The fourth-order valence-corrected chi connectivity index (χ4v) is 3.26. The van der Waals surface area contributed by atoms with Crippen molar-refractivity contribution in [2.45, 2.75) is 33.2 Å². The van der Waals surface area contributed by atoms with Gasteiger partial charge in [-0.3, -0.25) is 4.99 Å². The maximum Gasteiger partial charge on any atom is 0.134 e. The lowest BCUT2D eigenvalue weighted by molar-refractivity contribution is 0.151. The predicted molar refractivity (Wildman–Crippen MR) is 104 cm³/mol. The van der Waals surface area contributed by atoms with Crippen molar-refractivity contribution in [3.63, 3.8) is 0 Å². The van der Waals surface area contributed by atoms with Gasteiger partial charge in [-0.05, 0) is 41.2 Å². The number of aliphatic imine (C=N–C) groups is 1. The molecule has 2 aromatic rings. The predicted octanol–water partition coefficient (Wildman–Crippen LogP) is 0.978. The van der Waals surface area contributed by atoms with E-state index in [0.29, 0.717) is 64.4 Å². The number of ether oxygens (including phenoxy) is 1. The summed E-state index contributed by atoms with van der Waals surface area (Å²) in [6.45, 7) is 1.46. The summed E-state index contributed by atoms with van der Waals surface area (Å²) < 4.78 is 5.44. The Bertz CT molecular complexity index is 868. The van der Waals surface area contributed by atoms with Crippen LogP contribution in [0.15, 0.2) is 17.1 Å². The summed E-state index contributed by atoms with van der Waals surface area (Å²) in [4.78, 5) is 6.86. The average molecular weight is 387 g/mol. The van der Waals surface area contributed by atoms with Gasteiger partial charge in [0.05, 0.1) is 32.1 Å². The van der Waals surface area contributed by atoms with Crippen LogP contribution in [0.4, 0.5) is 0 Å². The van der Waals surface area contributed by atoms with E-state index in [1.54, 1.807) is 12.1 Å². The molecule has 0 radical (unpaired) electrons. The van der Waals surface area contributed by atoms with Gasteiger partial charge in [0.2, 0.25) is 0 Å². The molecule has 0 amide bonds. The number of rotatable bonds is 10. The number of aliphatic hydroxyl groups excluding tert-OH is 4. The second-order valence-electron chi connectivity index (χ2n) is 5.98. The van der Waals surface area contributed by atoms with Crippen molar-refractivity contribution in [3.05, 3.63) is 45.8 Å². The van der Waals surface area contributed by atoms with E-state index >= 15 is 0 Å². The van der Waals surface area contributed by atoms with Crippen LogP contribution in [0.2, 0.25) is 0 Å². The van der Waals surface area contributed by atoms with Crippen molar-refractivity contribution in [2.75, 3.05) is 19.9 Å². The standard InChI is InChI=1S/C20H25N3O5/c1-2-28-6-5-15-18(7-21)23-19(8-22-12-27)20(15)14-4-3-13(9-24)16(10-25)17(14)11-26/h3-4,8,23-27H,2,5-6,9-12H2,1H3. The highest BCUT2D eigenvalue weighted by atomic mass is 16.5. The van der Waals surface area contributed by atoms with E-state index < -0.39 is 6.73 Å². The van der Waals surface area contributed by atoms with Crippen LogP contribution in [-0.2, 0) is 31.0 Å². The Morgan fingerprint density at radius 2 is 1.86 bits per heavy atom. The summed E-state index contributed by atoms with van der Waals surface area (Å²) in [5.74, 6) is 0. The van der Waals surface area contributed by atoms with E-state index in [-0.39, 0.29) is 19.8 Å². The minimum atomic E-state index is -0.410. The van der Waals surface area contributed by atoms with E-state index in [0.717, 1.165) is 0 Å². The third kappa shape index (κ3) is 4.47. The molecule has 0 atom stereocenters. The molecule has 28 heavy (non-hydrogen) atoms. The monoisotopic (exact) mass is 387 g/mol. The average Bonchev–Trinajstić information content (AvgIpc) is 3.08. The SMILES string of the molecule is CCOCCc1c(C#N)[nH]c(C=NCO)c1-c1ccc(CO)c(CO)c1CO. The first kappa shape index (κ1) is 21.8. The Balaban J connectivity index is 2.76. The van der Waals surface area contributed by atoms with Crippen LogP contribution in [0.25, 0.3) is 11.1 Å². The molecular weight excluding hydrogens is 362 g/mol. The molecule has 0 aliphatic heterocycles. The molecule has 1 aromatic heterocycles. The highest BCUT2D eigenvalue weighted by Crippen LogP contribution is 2.35. The maximum absolute atomic E-state index is 9.98. The van der Waals surface area contributed by atoms with Gasteiger partial charge >= 0.3 is 0 Å². The molecule has 1 heterocycles. The van der Waals surface area contributed by atoms with Crippen LogP contribution < -0.4 is 0 Å². The molecule has 0 saturated heterocycles. The van der Waals surface area contributed by atoms with Crippen molar-refractivity contribution >= 4 is 6.21 Å². The Hall–Kier alpha value is -2.54. The largest absolute Gasteiger partial charge is 0.392 e. The molecule has 0 spiro atoms. The Morgan fingerprint density at radius 3 is 2.43 bits per heavy atom. The van der Waals surface area contributed by atoms with E-state index in [9.17, 15) is 20.6 Å². The molecule has 0 bridgehead atoms. The number of hydrogen-bond donors (Lipinski definition) is 5. The van der Waals surface area contributed by atoms with Crippen molar-refractivity contribution in [1.82, 2.24) is 4.98 Å². The number of nitrogens with zero attached hydrogens (tertiary/aromatic N) is 2. The first-order valence-electron chi connectivity index (χ1n) is 8.96. The van der Waals surface area contributed by atoms with Crippen LogP contribution in [0.5, 0.6) is 0 Å². The minimum Gasteiger partial charge on any atom is -0.392 e. The number of benzene rings is 1. The Labute approximate surface area is 163 Å². The highest BCUT2D eigenvalue weighted by molar-refractivity contribution is 5.92. The van der Waals surface area contributed by atoms with E-state index in [4.69, 9.17) is 9.84 Å². The number of nitrogens with one attached hydrogen (secondary N) is 1.